The van der Waals surface area contributed by atoms with Crippen molar-refractivity contribution in [2.75, 3.05) is 7.11 Å². The zero-order valence-electron chi connectivity index (χ0n) is 5.93. The number of hydrogen-bond acceptors (Lipinski definition) is 4. The van der Waals surface area contributed by atoms with E-state index in [0.717, 1.165) is 0 Å². The molecule has 5 heteroatoms. The van der Waals surface area contributed by atoms with Crippen molar-refractivity contribution in [3.63, 3.8) is 0 Å². The third-order valence-electron chi connectivity index (χ3n) is 0.979. The van der Waals surface area contributed by atoms with Crippen LogP contribution < -0.4 is 4.52 Å². The quantitative estimate of drug-likeness (QED) is 0.652. The molecule has 1 heterocycles. The molecule has 0 N–H and O–H groups in total. The maximum Gasteiger partial charge on any atom is 0.749 e. The molecule has 0 aromatic carbocycles. The maximum atomic E-state index is 10.7. The van der Waals surface area contributed by atoms with Gasteiger partial charge in [0.25, 0.3) is 0 Å². The average molecular weight is 172 g/mol. The third kappa shape index (κ3) is 2.62. The Morgan fingerprint density at radius 2 is 2.09 bits per heavy atom. The highest BCUT2D eigenvalue weighted by molar-refractivity contribution is 7.33. The number of nitrogens with zero attached hydrogens (tertiary/aromatic N) is 1. The minimum Gasteiger partial charge on any atom is -0.264 e. The van der Waals surface area contributed by atoms with Crippen molar-refractivity contribution < 1.29 is 13.6 Å². The predicted molar refractivity (Wildman–Crippen MR) is 39.5 cm³/mol. The van der Waals surface area contributed by atoms with Gasteiger partial charge in [0.05, 0.1) is 7.11 Å². The first-order valence-corrected chi connectivity index (χ1v) is 4.02. The second kappa shape index (κ2) is 4.01. The smallest absolute Gasteiger partial charge is 0.264 e. The molecular formula is C6H7NO3P+. The van der Waals surface area contributed by atoms with Crippen molar-refractivity contribution in [1.82, 2.24) is 4.98 Å². The van der Waals surface area contributed by atoms with Gasteiger partial charge in [-0.1, -0.05) is 0 Å². The monoisotopic (exact) mass is 172 g/mol. The maximum absolute atomic E-state index is 10.7. The molecule has 58 valence electrons. The molecule has 11 heavy (non-hydrogen) atoms. The summed E-state index contributed by atoms with van der Waals surface area (Å²) in [6.45, 7) is 0. The lowest BCUT2D eigenvalue weighted by Gasteiger charge is -1.87. The molecule has 1 aromatic heterocycles. The van der Waals surface area contributed by atoms with Crippen LogP contribution in [0.5, 0.6) is 5.75 Å². The first kappa shape index (κ1) is 8.11. The fraction of sp³-hybridized carbons (Fsp3) is 0.167. The number of pyridine rings is 1. The Morgan fingerprint density at radius 3 is 2.64 bits per heavy atom. The average Bonchev–Trinajstić information content (AvgIpc) is 2.06. The minimum absolute atomic E-state index is 0.489. The van der Waals surface area contributed by atoms with Gasteiger partial charge in [0.15, 0.2) is 5.75 Å². The summed E-state index contributed by atoms with van der Waals surface area (Å²) in [6, 6.07) is 3.21. The fourth-order valence-electron chi connectivity index (χ4n) is 0.522. The molecule has 0 saturated heterocycles. The van der Waals surface area contributed by atoms with Crippen molar-refractivity contribution in [3.05, 3.63) is 24.5 Å². The predicted octanol–water partition coefficient (Wildman–Crippen LogP) is 1.76. The van der Waals surface area contributed by atoms with Gasteiger partial charge in [0.2, 0.25) is 0 Å². The Hall–Kier alpha value is -0.990. The summed E-state index contributed by atoms with van der Waals surface area (Å²) in [5, 5.41) is 0. The second-order valence-electron chi connectivity index (χ2n) is 1.68. The fourth-order valence-corrected chi connectivity index (χ4v) is 0.891. The molecule has 0 fully saturated rings. The highest BCUT2D eigenvalue weighted by Gasteiger charge is 2.18. The summed E-state index contributed by atoms with van der Waals surface area (Å²) < 4.78 is 19.9. The first-order chi connectivity index (χ1) is 5.33. The second-order valence-corrected chi connectivity index (χ2v) is 2.68. The topological polar surface area (TPSA) is 48.4 Å². The molecule has 0 radical (unpaired) electrons. The van der Waals surface area contributed by atoms with E-state index in [9.17, 15) is 4.57 Å². The lowest BCUT2D eigenvalue weighted by molar-refractivity contribution is 0.349. The molecule has 1 rings (SSSR count). The molecule has 0 saturated carbocycles. The van der Waals surface area contributed by atoms with Gasteiger partial charge in [-0.15, -0.1) is 4.52 Å². The molecule has 0 aliphatic rings. The van der Waals surface area contributed by atoms with Crippen LogP contribution in [0.4, 0.5) is 0 Å². The van der Waals surface area contributed by atoms with E-state index >= 15 is 0 Å². The summed E-state index contributed by atoms with van der Waals surface area (Å²) in [6.07, 6.45) is 3.10. The van der Waals surface area contributed by atoms with Gasteiger partial charge in [0.1, 0.15) is 0 Å². The summed E-state index contributed by atoms with van der Waals surface area (Å²) in [7, 11) is -0.713. The van der Waals surface area contributed by atoms with E-state index in [1.165, 1.54) is 7.11 Å². The summed E-state index contributed by atoms with van der Waals surface area (Å²) in [4.78, 5) is 3.76. The van der Waals surface area contributed by atoms with Gasteiger partial charge >= 0.3 is 8.25 Å². The van der Waals surface area contributed by atoms with E-state index in [4.69, 9.17) is 4.52 Å². The molecule has 0 aliphatic heterocycles. The van der Waals surface area contributed by atoms with Crippen molar-refractivity contribution in [1.29, 1.82) is 0 Å². The molecule has 0 aliphatic carbocycles. The van der Waals surface area contributed by atoms with E-state index in [1.54, 1.807) is 24.5 Å². The van der Waals surface area contributed by atoms with Crippen LogP contribution >= 0.6 is 8.25 Å². The van der Waals surface area contributed by atoms with Crippen LogP contribution in [-0.2, 0) is 9.09 Å². The van der Waals surface area contributed by atoms with E-state index in [1.807, 2.05) is 0 Å². The zero-order valence-corrected chi connectivity index (χ0v) is 6.82. The van der Waals surface area contributed by atoms with Crippen LogP contribution in [0.25, 0.3) is 0 Å². The molecule has 0 amide bonds. The molecule has 1 aromatic rings. The largest absolute Gasteiger partial charge is 0.749 e. The van der Waals surface area contributed by atoms with Crippen molar-refractivity contribution in [2.24, 2.45) is 0 Å². The van der Waals surface area contributed by atoms with Gasteiger partial charge in [-0.25, -0.2) is 4.52 Å². The van der Waals surface area contributed by atoms with Crippen LogP contribution in [0.15, 0.2) is 24.5 Å². The Bertz CT molecular complexity index is 239. The lowest BCUT2D eigenvalue weighted by atomic mass is 10.5. The molecule has 1 unspecified atom stereocenters. The zero-order chi connectivity index (χ0) is 8.10. The van der Waals surface area contributed by atoms with E-state index in [-0.39, 0.29) is 0 Å². The highest BCUT2D eigenvalue weighted by Crippen LogP contribution is 2.25. The molecule has 0 spiro atoms. The Labute approximate surface area is 65.1 Å². The molecular weight excluding hydrogens is 165 g/mol. The first-order valence-electron chi connectivity index (χ1n) is 2.92. The van der Waals surface area contributed by atoms with E-state index in [0.29, 0.717) is 5.75 Å². The summed E-state index contributed by atoms with van der Waals surface area (Å²) in [5.74, 6) is 0.489. The third-order valence-corrected chi connectivity index (χ3v) is 1.64. The minimum atomic E-state index is -2.03. The van der Waals surface area contributed by atoms with Crippen LogP contribution in [0.1, 0.15) is 0 Å². The van der Waals surface area contributed by atoms with E-state index < -0.39 is 8.25 Å². The standard InChI is InChI=1S/C6H7NO3P/c1-9-11(8)10-6-2-4-7-5-3-6/h2-5H,1H3/q+1. The molecule has 4 nitrogen and oxygen atoms in total. The van der Waals surface area contributed by atoms with Crippen molar-refractivity contribution in [3.8, 4) is 5.75 Å². The SMILES string of the molecule is CO[P+](=O)Oc1ccncc1. The molecule has 0 bridgehead atoms. The van der Waals surface area contributed by atoms with Crippen LogP contribution in [0.2, 0.25) is 0 Å². The van der Waals surface area contributed by atoms with Gasteiger partial charge in [0, 0.05) is 29.1 Å². The summed E-state index contributed by atoms with van der Waals surface area (Å²) in [5.41, 5.74) is 0. The van der Waals surface area contributed by atoms with Crippen LogP contribution in [-0.4, -0.2) is 12.1 Å². The highest BCUT2D eigenvalue weighted by atomic mass is 31.1. The lowest BCUT2D eigenvalue weighted by Crippen LogP contribution is -1.81. The van der Waals surface area contributed by atoms with Crippen molar-refractivity contribution in [2.45, 2.75) is 0 Å². The number of rotatable bonds is 3. The van der Waals surface area contributed by atoms with Crippen LogP contribution in [0.3, 0.4) is 0 Å². The Kier molecular flexibility index (Phi) is 2.95. The molecule has 1 atom stereocenters. The van der Waals surface area contributed by atoms with Crippen molar-refractivity contribution >= 4 is 8.25 Å². The number of aromatic nitrogens is 1. The Balaban J connectivity index is 2.58. The normalized spacial score (nSPS) is 10.8. The van der Waals surface area contributed by atoms with Gasteiger partial charge in [-0.3, -0.25) is 4.98 Å². The van der Waals surface area contributed by atoms with Gasteiger partial charge < -0.3 is 0 Å². The number of hydrogen-bond donors (Lipinski definition) is 0. The Morgan fingerprint density at radius 1 is 1.45 bits per heavy atom. The van der Waals surface area contributed by atoms with E-state index in [2.05, 4.69) is 9.51 Å². The van der Waals surface area contributed by atoms with Gasteiger partial charge in [-0.2, -0.15) is 0 Å². The van der Waals surface area contributed by atoms with Crippen LogP contribution in [0, 0.1) is 0 Å². The van der Waals surface area contributed by atoms with Gasteiger partial charge in [-0.05, 0) is 0 Å². The summed E-state index contributed by atoms with van der Waals surface area (Å²) >= 11 is 0.